The first-order chi connectivity index (χ1) is 15.2. The quantitative estimate of drug-likeness (QED) is 0.611. The van der Waals surface area contributed by atoms with Gasteiger partial charge in [0.05, 0.1) is 12.8 Å². The minimum absolute atomic E-state index is 0.259. The zero-order valence-electron chi connectivity index (χ0n) is 17.7. The molecule has 0 bridgehead atoms. The molecule has 6 heteroatoms. The van der Waals surface area contributed by atoms with Crippen LogP contribution in [0.4, 0.5) is 5.69 Å². The lowest BCUT2D eigenvalue weighted by molar-refractivity contribution is 0.0947. The van der Waals surface area contributed by atoms with Crippen LogP contribution >= 0.6 is 0 Å². The fraction of sp³-hybridized carbons (Fsp3) is 0.280. The largest absolute Gasteiger partial charge is 0.496 e. The summed E-state index contributed by atoms with van der Waals surface area (Å²) in [6.45, 7) is 3.53. The van der Waals surface area contributed by atoms with Crippen LogP contribution in [0.25, 0.3) is 10.8 Å². The summed E-state index contributed by atoms with van der Waals surface area (Å²) in [5, 5.41) is 7.74. The highest BCUT2D eigenvalue weighted by molar-refractivity contribution is 6.15. The summed E-state index contributed by atoms with van der Waals surface area (Å²) in [6, 6.07) is 18.6. The molecule has 0 aromatic heterocycles. The summed E-state index contributed by atoms with van der Waals surface area (Å²) in [7, 11) is 1.52. The first-order valence-corrected chi connectivity index (χ1v) is 10.6. The van der Waals surface area contributed by atoms with E-state index >= 15 is 0 Å². The maximum Gasteiger partial charge on any atom is 0.257 e. The number of fused-ring (bicyclic) bond motifs is 1. The Morgan fingerprint density at radius 2 is 1.68 bits per heavy atom. The van der Waals surface area contributed by atoms with Crippen LogP contribution in [0.1, 0.15) is 33.6 Å². The van der Waals surface area contributed by atoms with E-state index in [-0.39, 0.29) is 11.8 Å². The third-order valence-corrected chi connectivity index (χ3v) is 5.67. The first-order valence-electron chi connectivity index (χ1n) is 10.6. The standard InChI is InChI=1S/C25H27N3O3/c1-31-22-13-7-12-21(23(22)25(30)26-14-17-28-15-4-5-16-28)27-24(29)20-11-6-9-18-8-2-3-10-19(18)20/h2-3,6-13H,4-5,14-17H2,1H3,(H,26,30)(H,27,29). The second-order valence-electron chi connectivity index (χ2n) is 7.67. The minimum atomic E-state index is -0.267. The second kappa shape index (κ2) is 9.62. The van der Waals surface area contributed by atoms with Gasteiger partial charge in [-0.25, -0.2) is 0 Å². The van der Waals surface area contributed by atoms with E-state index in [4.69, 9.17) is 4.74 Å². The molecule has 0 saturated carbocycles. The predicted octanol–water partition coefficient (Wildman–Crippen LogP) is 3.93. The van der Waals surface area contributed by atoms with Crippen molar-refractivity contribution in [2.75, 3.05) is 38.6 Å². The molecule has 160 valence electrons. The molecule has 1 aliphatic heterocycles. The Bertz CT molecular complexity index is 1090. The van der Waals surface area contributed by atoms with Gasteiger partial charge in [0.2, 0.25) is 0 Å². The Morgan fingerprint density at radius 3 is 2.48 bits per heavy atom. The van der Waals surface area contributed by atoms with Crippen molar-refractivity contribution in [3.63, 3.8) is 0 Å². The van der Waals surface area contributed by atoms with Crippen LogP contribution in [0.3, 0.4) is 0 Å². The van der Waals surface area contributed by atoms with Gasteiger partial charge in [0.25, 0.3) is 11.8 Å². The van der Waals surface area contributed by atoms with E-state index in [1.54, 1.807) is 24.3 Å². The summed E-state index contributed by atoms with van der Waals surface area (Å²) in [5.41, 5.74) is 1.32. The van der Waals surface area contributed by atoms with Gasteiger partial charge in [-0.1, -0.05) is 42.5 Å². The number of benzene rings is 3. The number of likely N-dealkylation sites (tertiary alicyclic amines) is 1. The maximum absolute atomic E-state index is 13.1. The summed E-state index contributed by atoms with van der Waals surface area (Å²) >= 11 is 0. The summed E-state index contributed by atoms with van der Waals surface area (Å²) < 4.78 is 5.42. The van der Waals surface area contributed by atoms with Crippen molar-refractivity contribution < 1.29 is 14.3 Å². The minimum Gasteiger partial charge on any atom is -0.496 e. The smallest absolute Gasteiger partial charge is 0.257 e. The van der Waals surface area contributed by atoms with Crippen LogP contribution in [0, 0.1) is 0 Å². The van der Waals surface area contributed by atoms with Gasteiger partial charge >= 0.3 is 0 Å². The van der Waals surface area contributed by atoms with E-state index in [1.165, 1.54) is 20.0 Å². The van der Waals surface area contributed by atoms with E-state index < -0.39 is 0 Å². The van der Waals surface area contributed by atoms with Gasteiger partial charge in [-0.05, 0) is 54.9 Å². The molecule has 1 aliphatic rings. The normalized spacial score (nSPS) is 13.8. The molecule has 1 fully saturated rings. The van der Waals surface area contributed by atoms with Crippen LogP contribution < -0.4 is 15.4 Å². The van der Waals surface area contributed by atoms with Crippen molar-refractivity contribution in [1.82, 2.24) is 10.2 Å². The molecule has 31 heavy (non-hydrogen) atoms. The number of amides is 2. The van der Waals surface area contributed by atoms with Crippen LogP contribution in [0.5, 0.6) is 5.75 Å². The molecule has 0 radical (unpaired) electrons. The number of rotatable bonds is 7. The number of nitrogens with zero attached hydrogens (tertiary/aromatic N) is 1. The summed E-state index contributed by atoms with van der Waals surface area (Å²) in [6.07, 6.45) is 2.43. The van der Waals surface area contributed by atoms with Gasteiger partial charge in [0.1, 0.15) is 11.3 Å². The number of ether oxygens (including phenoxy) is 1. The number of anilines is 1. The number of carbonyl (C=O) groups excluding carboxylic acids is 2. The average molecular weight is 418 g/mol. The lowest BCUT2D eigenvalue weighted by Gasteiger charge is -2.17. The number of nitrogens with one attached hydrogen (secondary N) is 2. The molecular formula is C25H27N3O3. The zero-order valence-corrected chi connectivity index (χ0v) is 17.7. The van der Waals surface area contributed by atoms with Crippen molar-refractivity contribution in [2.24, 2.45) is 0 Å². The molecule has 6 nitrogen and oxygen atoms in total. The van der Waals surface area contributed by atoms with Gasteiger partial charge < -0.3 is 20.3 Å². The van der Waals surface area contributed by atoms with Crippen LogP contribution in [-0.4, -0.2) is 50.0 Å². The average Bonchev–Trinajstić information content (AvgIpc) is 3.32. The maximum atomic E-state index is 13.1. The fourth-order valence-electron chi connectivity index (χ4n) is 4.07. The molecule has 2 N–H and O–H groups in total. The molecule has 3 aromatic carbocycles. The highest BCUT2D eigenvalue weighted by Crippen LogP contribution is 2.28. The SMILES string of the molecule is COc1cccc(NC(=O)c2cccc3ccccc23)c1C(=O)NCCN1CCCC1. The van der Waals surface area contributed by atoms with Gasteiger partial charge in [0.15, 0.2) is 0 Å². The molecule has 0 spiro atoms. The third-order valence-electron chi connectivity index (χ3n) is 5.67. The summed E-state index contributed by atoms with van der Waals surface area (Å²) in [4.78, 5) is 28.4. The Hall–Kier alpha value is -3.38. The first kappa shape index (κ1) is 20.9. The second-order valence-corrected chi connectivity index (χ2v) is 7.67. The molecule has 3 aromatic rings. The van der Waals surface area contributed by atoms with Gasteiger partial charge in [-0.2, -0.15) is 0 Å². The summed E-state index contributed by atoms with van der Waals surface area (Å²) in [5.74, 6) is -0.101. The fourth-order valence-corrected chi connectivity index (χ4v) is 4.07. The third kappa shape index (κ3) is 4.70. The Morgan fingerprint density at radius 1 is 0.935 bits per heavy atom. The molecular weight excluding hydrogens is 390 g/mol. The number of hydrogen-bond donors (Lipinski definition) is 2. The van der Waals surface area contributed by atoms with Gasteiger partial charge in [0, 0.05) is 18.7 Å². The Kier molecular flexibility index (Phi) is 6.48. The van der Waals surface area contributed by atoms with Crippen molar-refractivity contribution in [1.29, 1.82) is 0 Å². The van der Waals surface area contributed by atoms with Crippen LogP contribution in [0.2, 0.25) is 0 Å². The van der Waals surface area contributed by atoms with E-state index in [9.17, 15) is 9.59 Å². The van der Waals surface area contributed by atoms with E-state index in [0.29, 0.717) is 29.1 Å². The molecule has 1 heterocycles. The van der Waals surface area contributed by atoms with E-state index in [2.05, 4.69) is 15.5 Å². The van der Waals surface area contributed by atoms with Crippen molar-refractivity contribution in [3.8, 4) is 5.75 Å². The predicted molar refractivity (Wildman–Crippen MR) is 123 cm³/mol. The van der Waals surface area contributed by atoms with E-state index in [0.717, 1.165) is 30.4 Å². The monoisotopic (exact) mass is 417 g/mol. The lowest BCUT2D eigenvalue weighted by Crippen LogP contribution is -2.34. The Balaban J connectivity index is 1.55. The van der Waals surface area contributed by atoms with Crippen LogP contribution in [0.15, 0.2) is 60.7 Å². The molecule has 0 aliphatic carbocycles. The van der Waals surface area contributed by atoms with E-state index in [1.807, 2.05) is 36.4 Å². The molecule has 0 atom stereocenters. The number of methoxy groups -OCH3 is 1. The molecule has 4 rings (SSSR count). The lowest BCUT2D eigenvalue weighted by atomic mass is 10.0. The van der Waals surface area contributed by atoms with Gasteiger partial charge in [-0.15, -0.1) is 0 Å². The van der Waals surface area contributed by atoms with Crippen molar-refractivity contribution in [3.05, 3.63) is 71.8 Å². The number of hydrogen-bond acceptors (Lipinski definition) is 4. The topological polar surface area (TPSA) is 70.7 Å². The van der Waals surface area contributed by atoms with Crippen molar-refractivity contribution in [2.45, 2.75) is 12.8 Å². The van der Waals surface area contributed by atoms with Crippen molar-refractivity contribution >= 4 is 28.3 Å². The molecule has 2 amide bonds. The molecule has 1 saturated heterocycles. The Labute approximate surface area is 182 Å². The number of carbonyl (C=O) groups is 2. The highest BCUT2D eigenvalue weighted by Gasteiger charge is 2.20. The van der Waals surface area contributed by atoms with Crippen LogP contribution in [-0.2, 0) is 0 Å². The van der Waals surface area contributed by atoms with Gasteiger partial charge in [-0.3, -0.25) is 9.59 Å². The molecule has 0 unspecified atom stereocenters. The highest BCUT2D eigenvalue weighted by atomic mass is 16.5. The zero-order chi connectivity index (χ0) is 21.6.